The summed E-state index contributed by atoms with van der Waals surface area (Å²) in [5.74, 6) is -0.250. The molecular weight excluding hydrogens is 330 g/mol. The van der Waals surface area contributed by atoms with Gasteiger partial charge in [-0.3, -0.25) is 14.3 Å². The highest BCUT2D eigenvalue weighted by Crippen LogP contribution is 2.18. The van der Waals surface area contributed by atoms with E-state index in [1.807, 2.05) is 37.2 Å². The Hall–Kier alpha value is -2.83. The van der Waals surface area contributed by atoms with Crippen LogP contribution < -0.4 is 15.5 Å². The molecule has 1 saturated carbocycles. The number of nitrogens with zero attached hydrogens (tertiary/aromatic N) is 3. The lowest BCUT2D eigenvalue weighted by atomic mass is 10.2. The van der Waals surface area contributed by atoms with Crippen LogP contribution in [0.4, 0.5) is 11.4 Å². The second-order valence-corrected chi connectivity index (χ2v) is 6.87. The molecule has 2 N–H and O–H groups in total. The van der Waals surface area contributed by atoms with Gasteiger partial charge < -0.3 is 15.5 Å². The first-order chi connectivity index (χ1) is 12.5. The van der Waals surface area contributed by atoms with E-state index in [2.05, 4.69) is 15.7 Å². The molecule has 1 heterocycles. The van der Waals surface area contributed by atoms with Crippen LogP contribution in [0.2, 0.25) is 0 Å². The van der Waals surface area contributed by atoms with Gasteiger partial charge in [0.25, 0.3) is 5.91 Å². The van der Waals surface area contributed by atoms with Gasteiger partial charge in [-0.05, 0) is 31.0 Å². The number of carbonyl (C=O) groups excluding carboxylic acids is 2. The Morgan fingerprint density at radius 2 is 2.04 bits per heavy atom. The van der Waals surface area contributed by atoms with E-state index in [9.17, 15) is 9.59 Å². The van der Waals surface area contributed by atoms with E-state index in [4.69, 9.17) is 0 Å². The van der Waals surface area contributed by atoms with E-state index in [0.29, 0.717) is 17.3 Å². The van der Waals surface area contributed by atoms with Gasteiger partial charge in [0.05, 0.1) is 11.9 Å². The summed E-state index contributed by atoms with van der Waals surface area (Å²) in [6.45, 7) is 0.155. The molecule has 0 atom stereocenters. The van der Waals surface area contributed by atoms with Gasteiger partial charge in [-0.25, -0.2) is 0 Å². The average molecular weight is 355 g/mol. The van der Waals surface area contributed by atoms with Crippen LogP contribution in [0.15, 0.2) is 36.7 Å². The second kappa shape index (κ2) is 8.03. The fraction of sp³-hybridized carbons (Fsp3) is 0.421. The first-order valence-electron chi connectivity index (χ1n) is 8.92. The molecule has 1 aliphatic carbocycles. The summed E-state index contributed by atoms with van der Waals surface area (Å²) in [5.41, 5.74) is 2.10. The molecule has 1 aromatic carbocycles. The molecule has 1 aromatic heterocycles. The molecule has 7 heteroatoms. The molecule has 2 aromatic rings. The van der Waals surface area contributed by atoms with Gasteiger partial charge in [0.15, 0.2) is 0 Å². The molecule has 26 heavy (non-hydrogen) atoms. The molecule has 1 aliphatic rings. The Balaban J connectivity index is 1.56. The van der Waals surface area contributed by atoms with Crippen LogP contribution in [0, 0.1) is 0 Å². The maximum Gasteiger partial charge on any atom is 0.255 e. The van der Waals surface area contributed by atoms with Crippen molar-refractivity contribution in [2.75, 3.05) is 24.3 Å². The van der Waals surface area contributed by atoms with Crippen LogP contribution in [0.5, 0.6) is 0 Å². The number of carbonyl (C=O) groups is 2. The molecule has 1 fully saturated rings. The van der Waals surface area contributed by atoms with Crippen LogP contribution in [-0.2, 0) is 11.3 Å². The quantitative estimate of drug-likeness (QED) is 0.833. The van der Waals surface area contributed by atoms with Crippen LogP contribution in [-0.4, -0.2) is 41.7 Å². The summed E-state index contributed by atoms with van der Waals surface area (Å²) < 4.78 is 1.54. The van der Waals surface area contributed by atoms with Crippen molar-refractivity contribution in [2.24, 2.45) is 0 Å². The largest absolute Gasteiger partial charge is 0.378 e. The maximum absolute atomic E-state index is 12.4. The van der Waals surface area contributed by atoms with Crippen molar-refractivity contribution < 1.29 is 9.59 Å². The van der Waals surface area contributed by atoms with E-state index >= 15 is 0 Å². The van der Waals surface area contributed by atoms with Gasteiger partial charge in [-0.1, -0.05) is 18.9 Å². The molecule has 0 bridgehead atoms. The zero-order valence-electron chi connectivity index (χ0n) is 15.2. The number of hydrogen-bond acceptors (Lipinski definition) is 4. The summed E-state index contributed by atoms with van der Waals surface area (Å²) in [6, 6.07) is 7.68. The van der Waals surface area contributed by atoms with E-state index in [-0.39, 0.29) is 18.4 Å². The molecule has 7 nitrogen and oxygen atoms in total. The summed E-state index contributed by atoms with van der Waals surface area (Å²) in [7, 11) is 3.86. The summed E-state index contributed by atoms with van der Waals surface area (Å²) in [5, 5.41) is 10.0. The lowest BCUT2D eigenvalue weighted by molar-refractivity contribution is -0.122. The number of hydrogen-bond donors (Lipinski definition) is 2. The van der Waals surface area contributed by atoms with E-state index in [1.54, 1.807) is 18.5 Å². The minimum atomic E-state index is -0.205. The van der Waals surface area contributed by atoms with Gasteiger partial charge in [0, 0.05) is 37.6 Å². The summed E-state index contributed by atoms with van der Waals surface area (Å²) in [6.07, 6.45) is 7.69. The first kappa shape index (κ1) is 18.0. The summed E-state index contributed by atoms with van der Waals surface area (Å²) >= 11 is 0. The Kier molecular flexibility index (Phi) is 5.55. The van der Waals surface area contributed by atoms with Crippen LogP contribution in [0.3, 0.4) is 0 Å². The molecule has 0 spiro atoms. The molecule has 3 rings (SSSR count). The third kappa shape index (κ3) is 4.62. The van der Waals surface area contributed by atoms with Crippen LogP contribution in [0.25, 0.3) is 0 Å². The number of nitrogens with one attached hydrogen (secondary N) is 2. The third-order valence-corrected chi connectivity index (χ3v) is 4.54. The predicted octanol–water partition coefficient (Wildman–Crippen LogP) is 2.26. The van der Waals surface area contributed by atoms with Gasteiger partial charge in [-0.2, -0.15) is 5.10 Å². The number of rotatable bonds is 6. The van der Waals surface area contributed by atoms with Crippen molar-refractivity contribution in [3.05, 3.63) is 42.2 Å². The topological polar surface area (TPSA) is 79.3 Å². The average Bonchev–Trinajstić information content (AvgIpc) is 3.27. The molecule has 0 unspecified atom stereocenters. The minimum Gasteiger partial charge on any atom is -0.378 e. The van der Waals surface area contributed by atoms with Gasteiger partial charge in [-0.15, -0.1) is 0 Å². The number of benzene rings is 1. The van der Waals surface area contributed by atoms with Crippen LogP contribution >= 0.6 is 0 Å². The van der Waals surface area contributed by atoms with Crippen molar-refractivity contribution in [3.63, 3.8) is 0 Å². The zero-order valence-corrected chi connectivity index (χ0v) is 15.2. The Bertz CT molecular complexity index is 778. The number of aromatic nitrogens is 2. The van der Waals surface area contributed by atoms with Gasteiger partial charge >= 0.3 is 0 Å². The predicted molar refractivity (Wildman–Crippen MR) is 101 cm³/mol. The monoisotopic (exact) mass is 355 g/mol. The van der Waals surface area contributed by atoms with Crippen molar-refractivity contribution in [1.82, 2.24) is 15.1 Å². The highest BCUT2D eigenvalue weighted by molar-refractivity contribution is 6.04. The Labute approximate surface area is 153 Å². The van der Waals surface area contributed by atoms with Crippen molar-refractivity contribution in [3.8, 4) is 0 Å². The number of amides is 2. The normalized spacial score (nSPS) is 14.2. The molecule has 0 saturated heterocycles. The third-order valence-electron chi connectivity index (χ3n) is 4.54. The van der Waals surface area contributed by atoms with E-state index in [1.165, 1.54) is 17.5 Å². The minimum absolute atomic E-state index is 0.0449. The van der Waals surface area contributed by atoms with Crippen LogP contribution in [0.1, 0.15) is 36.0 Å². The SMILES string of the molecule is CN(C)c1cccc(C(=O)Nc2cnn(CC(=O)NC3CCCC3)c2)c1. The highest BCUT2D eigenvalue weighted by atomic mass is 16.2. The molecule has 2 amide bonds. The lowest BCUT2D eigenvalue weighted by Gasteiger charge is -2.13. The van der Waals surface area contributed by atoms with Gasteiger partial charge in [0.2, 0.25) is 5.91 Å². The number of anilines is 2. The second-order valence-electron chi connectivity index (χ2n) is 6.87. The van der Waals surface area contributed by atoms with E-state index in [0.717, 1.165) is 18.5 Å². The van der Waals surface area contributed by atoms with Crippen molar-refractivity contribution in [1.29, 1.82) is 0 Å². The molecule has 138 valence electrons. The van der Waals surface area contributed by atoms with E-state index < -0.39 is 0 Å². The van der Waals surface area contributed by atoms with Gasteiger partial charge in [0.1, 0.15) is 6.54 Å². The molecule has 0 aliphatic heterocycles. The van der Waals surface area contributed by atoms with Crippen molar-refractivity contribution >= 4 is 23.2 Å². The molecule has 0 radical (unpaired) electrons. The zero-order chi connectivity index (χ0) is 18.5. The fourth-order valence-corrected chi connectivity index (χ4v) is 3.13. The highest BCUT2D eigenvalue weighted by Gasteiger charge is 2.17. The lowest BCUT2D eigenvalue weighted by Crippen LogP contribution is -2.35. The standard InChI is InChI=1S/C19H25N5O2/c1-23(2)17-9-5-6-14(10-17)19(26)22-16-11-20-24(12-16)13-18(25)21-15-7-3-4-8-15/h5-6,9-12,15H,3-4,7-8,13H2,1-2H3,(H,21,25)(H,22,26). The van der Waals surface area contributed by atoms with Crippen molar-refractivity contribution in [2.45, 2.75) is 38.3 Å². The smallest absolute Gasteiger partial charge is 0.255 e. The fourth-order valence-electron chi connectivity index (χ4n) is 3.13. The maximum atomic E-state index is 12.4. The summed E-state index contributed by atoms with van der Waals surface area (Å²) in [4.78, 5) is 26.4. The first-order valence-corrected chi connectivity index (χ1v) is 8.92. The Morgan fingerprint density at radius 1 is 1.27 bits per heavy atom. The molecular formula is C19H25N5O2. The Morgan fingerprint density at radius 3 is 2.77 bits per heavy atom.